The number of anilines is 1. The molecule has 0 spiro atoms. The Kier molecular flexibility index (Phi) is 4.11. The number of amides is 1. The highest BCUT2D eigenvalue weighted by atomic mass is 19.1. The van der Waals surface area contributed by atoms with Crippen LogP contribution in [0.25, 0.3) is 0 Å². The van der Waals surface area contributed by atoms with Gasteiger partial charge in [0.1, 0.15) is 23.1 Å². The quantitative estimate of drug-likeness (QED) is 0.883. The topological polar surface area (TPSA) is 29.1 Å². The summed E-state index contributed by atoms with van der Waals surface area (Å²) in [7, 11) is 0. The fourth-order valence-electron chi connectivity index (χ4n) is 3.30. The van der Waals surface area contributed by atoms with Crippen LogP contribution in [0.3, 0.4) is 0 Å². The summed E-state index contributed by atoms with van der Waals surface area (Å²) < 4.78 is 41.8. The van der Waals surface area contributed by atoms with Crippen LogP contribution in [0, 0.1) is 17.5 Å². The lowest BCUT2D eigenvalue weighted by molar-refractivity contribution is -0.121. The van der Waals surface area contributed by atoms with Crippen LogP contribution >= 0.6 is 0 Å². The van der Waals surface area contributed by atoms with Gasteiger partial charge in [0, 0.05) is 5.56 Å². The number of rotatable bonds is 3. The highest BCUT2D eigenvalue weighted by molar-refractivity contribution is 5.99. The van der Waals surface area contributed by atoms with Crippen molar-refractivity contribution in [1.29, 1.82) is 0 Å². The molecule has 120 valence electrons. The Bertz CT molecular complexity index is 719. The number of halogens is 3. The fourth-order valence-corrected chi connectivity index (χ4v) is 3.30. The molecule has 0 radical (unpaired) electrons. The van der Waals surface area contributed by atoms with Gasteiger partial charge >= 0.3 is 0 Å². The van der Waals surface area contributed by atoms with Crippen LogP contribution in [0.2, 0.25) is 0 Å². The Morgan fingerprint density at radius 1 is 0.870 bits per heavy atom. The molecule has 0 bridgehead atoms. The van der Waals surface area contributed by atoms with Crippen molar-refractivity contribution in [3.63, 3.8) is 0 Å². The molecule has 2 nitrogen and oxygen atoms in total. The molecule has 2 aromatic carbocycles. The zero-order chi connectivity index (χ0) is 16.4. The Labute approximate surface area is 132 Å². The van der Waals surface area contributed by atoms with E-state index in [-0.39, 0.29) is 5.56 Å². The molecule has 5 heteroatoms. The molecule has 0 saturated heterocycles. The van der Waals surface area contributed by atoms with Gasteiger partial charge in [0.25, 0.3) is 0 Å². The van der Waals surface area contributed by atoms with E-state index in [1.54, 1.807) is 18.2 Å². The summed E-state index contributed by atoms with van der Waals surface area (Å²) in [6.07, 6.45) is 2.44. The van der Waals surface area contributed by atoms with Crippen LogP contribution in [-0.2, 0) is 10.2 Å². The monoisotopic (exact) mass is 319 g/mol. The van der Waals surface area contributed by atoms with Crippen molar-refractivity contribution in [3.8, 4) is 0 Å². The Hall–Kier alpha value is -2.30. The van der Waals surface area contributed by atoms with E-state index in [1.165, 1.54) is 12.1 Å². The number of hydrogen-bond donors (Lipinski definition) is 1. The van der Waals surface area contributed by atoms with Crippen molar-refractivity contribution in [2.24, 2.45) is 0 Å². The number of para-hydroxylation sites is 1. The van der Waals surface area contributed by atoms with Gasteiger partial charge in [-0.2, -0.15) is 0 Å². The Morgan fingerprint density at radius 2 is 1.43 bits per heavy atom. The summed E-state index contributed by atoms with van der Waals surface area (Å²) in [6.45, 7) is 0. The summed E-state index contributed by atoms with van der Waals surface area (Å²) in [5.74, 6) is -2.73. The molecule has 0 aromatic heterocycles. The first-order valence-electron chi connectivity index (χ1n) is 7.55. The summed E-state index contributed by atoms with van der Waals surface area (Å²) in [4.78, 5) is 12.8. The average molecular weight is 319 g/mol. The first-order chi connectivity index (χ1) is 11.0. The molecule has 1 aliphatic carbocycles. The van der Waals surface area contributed by atoms with E-state index in [0.29, 0.717) is 12.8 Å². The van der Waals surface area contributed by atoms with Crippen LogP contribution in [0.1, 0.15) is 31.2 Å². The SMILES string of the molecule is O=C(Nc1c(F)cccc1F)C1(c2ccccc2F)CCCC1. The molecule has 1 fully saturated rings. The first kappa shape index (κ1) is 15.6. The molecule has 1 saturated carbocycles. The maximum Gasteiger partial charge on any atom is 0.235 e. The molecule has 2 aromatic rings. The molecule has 0 unspecified atom stereocenters. The summed E-state index contributed by atoms with van der Waals surface area (Å²) in [5.41, 5.74) is -1.29. The van der Waals surface area contributed by atoms with E-state index >= 15 is 0 Å². The van der Waals surface area contributed by atoms with Gasteiger partial charge in [-0.15, -0.1) is 0 Å². The number of carbonyl (C=O) groups excluding carboxylic acids is 1. The standard InChI is InChI=1S/C18H16F3NO/c19-13-7-2-1-6-12(13)18(10-3-4-11-18)17(23)22-16-14(20)8-5-9-15(16)21/h1-2,5-9H,3-4,10-11H2,(H,22,23). The van der Waals surface area contributed by atoms with E-state index in [1.807, 2.05) is 0 Å². The fraction of sp³-hybridized carbons (Fsp3) is 0.278. The normalized spacial score (nSPS) is 16.3. The lowest BCUT2D eigenvalue weighted by Gasteiger charge is -2.28. The number of hydrogen-bond acceptors (Lipinski definition) is 1. The van der Waals surface area contributed by atoms with E-state index in [9.17, 15) is 18.0 Å². The molecule has 0 atom stereocenters. The van der Waals surface area contributed by atoms with Crippen molar-refractivity contribution in [2.75, 3.05) is 5.32 Å². The third-order valence-corrected chi connectivity index (χ3v) is 4.48. The van der Waals surface area contributed by atoms with Gasteiger partial charge in [-0.1, -0.05) is 37.1 Å². The van der Waals surface area contributed by atoms with Crippen LogP contribution in [0.4, 0.5) is 18.9 Å². The molecule has 0 heterocycles. The first-order valence-corrected chi connectivity index (χ1v) is 7.55. The maximum absolute atomic E-state index is 14.2. The molecule has 23 heavy (non-hydrogen) atoms. The predicted octanol–water partition coefficient (Wildman–Crippen LogP) is 4.55. The second-order valence-corrected chi connectivity index (χ2v) is 5.82. The lowest BCUT2D eigenvalue weighted by Crippen LogP contribution is -2.39. The van der Waals surface area contributed by atoms with Gasteiger partial charge in [-0.25, -0.2) is 13.2 Å². The molecule has 1 N–H and O–H groups in total. The Morgan fingerprint density at radius 3 is 2.04 bits per heavy atom. The maximum atomic E-state index is 14.2. The molecule has 1 amide bonds. The summed E-state index contributed by atoms with van der Waals surface area (Å²) in [5, 5.41) is 2.33. The zero-order valence-electron chi connectivity index (χ0n) is 12.4. The van der Waals surface area contributed by atoms with Gasteiger partial charge < -0.3 is 5.32 Å². The second kappa shape index (κ2) is 6.07. The smallest absolute Gasteiger partial charge is 0.235 e. The minimum atomic E-state index is -1.08. The number of benzene rings is 2. The van der Waals surface area contributed by atoms with E-state index in [4.69, 9.17) is 0 Å². The average Bonchev–Trinajstić information content (AvgIpc) is 3.02. The molecular formula is C18H16F3NO. The lowest BCUT2D eigenvalue weighted by atomic mass is 9.77. The minimum Gasteiger partial charge on any atom is -0.320 e. The van der Waals surface area contributed by atoms with Crippen LogP contribution in [-0.4, -0.2) is 5.91 Å². The van der Waals surface area contributed by atoms with Crippen molar-refractivity contribution in [2.45, 2.75) is 31.1 Å². The van der Waals surface area contributed by atoms with Crippen molar-refractivity contribution in [1.82, 2.24) is 0 Å². The van der Waals surface area contributed by atoms with Gasteiger partial charge in [0.15, 0.2) is 0 Å². The van der Waals surface area contributed by atoms with E-state index < -0.39 is 34.5 Å². The predicted molar refractivity (Wildman–Crippen MR) is 81.5 cm³/mol. The minimum absolute atomic E-state index is 0.284. The largest absolute Gasteiger partial charge is 0.320 e. The summed E-state index contributed by atoms with van der Waals surface area (Å²) >= 11 is 0. The van der Waals surface area contributed by atoms with Crippen LogP contribution < -0.4 is 5.32 Å². The van der Waals surface area contributed by atoms with Crippen molar-refractivity contribution >= 4 is 11.6 Å². The van der Waals surface area contributed by atoms with Crippen molar-refractivity contribution in [3.05, 3.63) is 65.5 Å². The highest BCUT2D eigenvalue weighted by Gasteiger charge is 2.44. The van der Waals surface area contributed by atoms with Gasteiger partial charge in [0.2, 0.25) is 5.91 Å². The van der Waals surface area contributed by atoms with E-state index in [0.717, 1.165) is 25.0 Å². The number of carbonyl (C=O) groups is 1. The van der Waals surface area contributed by atoms with Crippen LogP contribution in [0.5, 0.6) is 0 Å². The molecular weight excluding hydrogens is 303 g/mol. The third-order valence-electron chi connectivity index (χ3n) is 4.48. The van der Waals surface area contributed by atoms with E-state index in [2.05, 4.69) is 5.32 Å². The van der Waals surface area contributed by atoms with Gasteiger partial charge in [0.05, 0.1) is 5.41 Å². The highest BCUT2D eigenvalue weighted by Crippen LogP contribution is 2.43. The molecule has 0 aliphatic heterocycles. The van der Waals surface area contributed by atoms with Gasteiger partial charge in [-0.05, 0) is 31.0 Å². The zero-order valence-corrected chi connectivity index (χ0v) is 12.4. The van der Waals surface area contributed by atoms with Crippen LogP contribution in [0.15, 0.2) is 42.5 Å². The number of nitrogens with one attached hydrogen (secondary N) is 1. The van der Waals surface area contributed by atoms with Gasteiger partial charge in [-0.3, -0.25) is 4.79 Å². The Balaban J connectivity index is 1.99. The molecule has 1 aliphatic rings. The molecule has 3 rings (SSSR count). The second-order valence-electron chi connectivity index (χ2n) is 5.82. The summed E-state index contributed by atoms with van der Waals surface area (Å²) in [6, 6.07) is 9.45. The van der Waals surface area contributed by atoms with Crippen molar-refractivity contribution < 1.29 is 18.0 Å². The third kappa shape index (κ3) is 2.71.